The molecule has 0 bridgehead atoms. The smallest absolute Gasteiger partial charge is 0.251 e. The van der Waals surface area contributed by atoms with Crippen molar-refractivity contribution in [2.75, 3.05) is 33.8 Å². The third-order valence-corrected chi connectivity index (χ3v) is 5.73. The molecule has 1 fully saturated rings. The molecule has 1 amide bonds. The van der Waals surface area contributed by atoms with Gasteiger partial charge in [0.1, 0.15) is 0 Å². The van der Waals surface area contributed by atoms with Crippen molar-refractivity contribution in [1.29, 1.82) is 0 Å². The summed E-state index contributed by atoms with van der Waals surface area (Å²) in [5, 5.41) is 9.51. The lowest BCUT2D eigenvalue weighted by Crippen LogP contribution is -2.42. The first-order chi connectivity index (χ1) is 15.1. The Balaban J connectivity index is 0.00000363. The van der Waals surface area contributed by atoms with Crippen LogP contribution in [0.3, 0.4) is 0 Å². The number of ether oxygens (including phenoxy) is 1. The molecule has 0 aliphatic carbocycles. The van der Waals surface area contributed by atoms with E-state index in [1.165, 1.54) is 11.1 Å². The van der Waals surface area contributed by atoms with Gasteiger partial charge in [-0.15, -0.1) is 24.0 Å². The van der Waals surface area contributed by atoms with Crippen LogP contribution in [0.5, 0.6) is 0 Å². The molecule has 3 N–H and O–H groups in total. The molecule has 6 nitrogen and oxygen atoms in total. The summed E-state index contributed by atoms with van der Waals surface area (Å²) in [7, 11) is 3.43. The van der Waals surface area contributed by atoms with Gasteiger partial charge >= 0.3 is 0 Å². The molecule has 0 spiro atoms. The summed E-state index contributed by atoms with van der Waals surface area (Å²) in [4.78, 5) is 16.2. The van der Waals surface area contributed by atoms with Gasteiger partial charge in [-0.25, -0.2) is 0 Å². The van der Waals surface area contributed by atoms with E-state index >= 15 is 0 Å². The van der Waals surface area contributed by atoms with Crippen molar-refractivity contribution in [3.63, 3.8) is 0 Å². The predicted octanol–water partition coefficient (Wildman–Crippen LogP) is 3.85. The van der Waals surface area contributed by atoms with E-state index < -0.39 is 0 Å². The van der Waals surface area contributed by atoms with Crippen LogP contribution in [0.1, 0.15) is 46.0 Å². The first-order valence-corrected chi connectivity index (χ1v) is 11.0. The molecule has 32 heavy (non-hydrogen) atoms. The molecule has 0 saturated carbocycles. The average Bonchev–Trinajstić information content (AvgIpc) is 2.81. The SMILES string of the molecule is CN=C(NCCc1cccc(C(=O)NC)c1)NCC1CCCOC1c1ccc(C)cc1.I. The highest BCUT2D eigenvalue weighted by Gasteiger charge is 2.27. The van der Waals surface area contributed by atoms with E-state index in [-0.39, 0.29) is 36.0 Å². The maximum absolute atomic E-state index is 11.8. The van der Waals surface area contributed by atoms with Gasteiger partial charge in [-0.1, -0.05) is 42.0 Å². The normalized spacial score (nSPS) is 18.4. The molecule has 1 saturated heterocycles. The Kier molecular flexibility index (Phi) is 11.0. The summed E-state index contributed by atoms with van der Waals surface area (Å²) < 4.78 is 6.13. The topological polar surface area (TPSA) is 74.8 Å². The maximum atomic E-state index is 11.8. The number of benzene rings is 2. The van der Waals surface area contributed by atoms with Crippen LogP contribution in [-0.2, 0) is 11.2 Å². The minimum atomic E-state index is -0.0647. The maximum Gasteiger partial charge on any atom is 0.251 e. The number of aryl methyl sites for hydroxylation is 1. The number of rotatable bonds is 7. The lowest BCUT2D eigenvalue weighted by atomic mass is 9.89. The number of nitrogens with one attached hydrogen (secondary N) is 3. The molecule has 2 aromatic rings. The minimum absolute atomic E-state index is 0. The van der Waals surface area contributed by atoms with Crippen molar-refractivity contribution in [2.45, 2.75) is 32.3 Å². The lowest BCUT2D eigenvalue weighted by molar-refractivity contribution is -0.0265. The Morgan fingerprint density at radius 2 is 1.94 bits per heavy atom. The highest BCUT2D eigenvalue weighted by atomic mass is 127. The number of nitrogens with zero attached hydrogens (tertiary/aromatic N) is 1. The molecule has 2 unspecified atom stereocenters. The van der Waals surface area contributed by atoms with Crippen molar-refractivity contribution in [1.82, 2.24) is 16.0 Å². The van der Waals surface area contributed by atoms with E-state index in [2.05, 4.69) is 52.1 Å². The van der Waals surface area contributed by atoms with Gasteiger partial charge < -0.3 is 20.7 Å². The molecule has 7 heteroatoms. The molecule has 3 rings (SSSR count). The highest BCUT2D eigenvalue weighted by Crippen LogP contribution is 2.33. The zero-order valence-corrected chi connectivity index (χ0v) is 21.5. The molecule has 0 aromatic heterocycles. The zero-order valence-electron chi connectivity index (χ0n) is 19.2. The van der Waals surface area contributed by atoms with Gasteiger partial charge in [-0.3, -0.25) is 9.79 Å². The van der Waals surface area contributed by atoms with Gasteiger partial charge in [-0.2, -0.15) is 0 Å². The summed E-state index contributed by atoms with van der Waals surface area (Å²) in [6.45, 7) is 4.47. The summed E-state index contributed by atoms with van der Waals surface area (Å²) in [5.74, 6) is 1.13. The van der Waals surface area contributed by atoms with Crippen molar-refractivity contribution in [2.24, 2.45) is 10.9 Å². The van der Waals surface area contributed by atoms with Gasteiger partial charge in [0.2, 0.25) is 0 Å². The molecule has 2 atom stereocenters. The van der Waals surface area contributed by atoms with Crippen molar-refractivity contribution in [3.05, 3.63) is 70.8 Å². The Labute approximate surface area is 208 Å². The second-order valence-corrected chi connectivity index (χ2v) is 8.01. The highest BCUT2D eigenvalue weighted by molar-refractivity contribution is 14.0. The second kappa shape index (κ2) is 13.4. The summed E-state index contributed by atoms with van der Waals surface area (Å²) in [6, 6.07) is 16.4. The number of guanidine groups is 1. The quantitative estimate of drug-likeness (QED) is 0.278. The molecule has 2 aromatic carbocycles. The van der Waals surface area contributed by atoms with Gasteiger partial charge in [0.25, 0.3) is 5.91 Å². The average molecular weight is 550 g/mol. The first kappa shape index (κ1) is 26.1. The van der Waals surface area contributed by atoms with Crippen LogP contribution in [0.2, 0.25) is 0 Å². The number of carbonyl (C=O) groups excluding carboxylic acids is 1. The number of carbonyl (C=O) groups is 1. The molecule has 1 heterocycles. The first-order valence-electron chi connectivity index (χ1n) is 11.0. The van der Waals surface area contributed by atoms with Crippen LogP contribution < -0.4 is 16.0 Å². The van der Waals surface area contributed by atoms with Crippen LogP contribution in [-0.4, -0.2) is 45.7 Å². The molecule has 174 valence electrons. The Hall–Kier alpha value is -2.13. The second-order valence-electron chi connectivity index (χ2n) is 8.01. The van der Waals surface area contributed by atoms with Crippen molar-refractivity contribution >= 4 is 35.8 Å². The van der Waals surface area contributed by atoms with Crippen LogP contribution in [0.15, 0.2) is 53.5 Å². The monoisotopic (exact) mass is 550 g/mol. The van der Waals surface area contributed by atoms with Crippen LogP contribution in [0.25, 0.3) is 0 Å². The van der Waals surface area contributed by atoms with E-state index in [9.17, 15) is 4.79 Å². The van der Waals surface area contributed by atoms with E-state index in [1.807, 2.05) is 24.3 Å². The number of hydrogen-bond donors (Lipinski definition) is 3. The van der Waals surface area contributed by atoms with E-state index in [0.29, 0.717) is 11.5 Å². The number of halogens is 1. The molecule has 0 radical (unpaired) electrons. The Bertz CT molecular complexity index is 886. The minimum Gasteiger partial charge on any atom is -0.373 e. The molecule has 1 aliphatic heterocycles. The third kappa shape index (κ3) is 7.48. The molecule has 1 aliphatic rings. The van der Waals surface area contributed by atoms with Crippen LogP contribution in [0, 0.1) is 12.8 Å². The van der Waals surface area contributed by atoms with Crippen LogP contribution in [0.4, 0.5) is 0 Å². The fraction of sp³-hybridized carbons (Fsp3) is 0.440. The van der Waals surface area contributed by atoms with Crippen LogP contribution >= 0.6 is 24.0 Å². The van der Waals surface area contributed by atoms with E-state index in [4.69, 9.17) is 4.74 Å². The predicted molar refractivity (Wildman–Crippen MR) is 141 cm³/mol. The van der Waals surface area contributed by atoms with E-state index in [0.717, 1.165) is 50.5 Å². The fourth-order valence-electron chi connectivity index (χ4n) is 3.96. The third-order valence-electron chi connectivity index (χ3n) is 5.73. The summed E-state index contributed by atoms with van der Waals surface area (Å²) in [5.41, 5.74) is 4.31. The Morgan fingerprint density at radius 1 is 1.16 bits per heavy atom. The van der Waals surface area contributed by atoms with Gasteiger partial charge in [0.05, 0.1) is 6.10 Å². The Morgan fingerprint density at radius 3 is 2.66 bits per heavy atom. The lowest BCUT2D eigenvalue weighted by Gasteiger charge is -2.32. The number of amides is 1. The van der Waals surface area contributed by atoms with Crippen molar-refractivity contribution < 1.29 is 9.53 Å². The number of aliphatic imine (C=N–C) groups is 1. The van der Waals surface area contributed by atoms with Gasteiger partial charge in [-0.05, 0) is 49.4 Å². The zero-order chi connectivity index (χ0) is 22.1. The van der Waals surface area contributed by atoms with Crippen molar-refractivity contribution in [3.8, 4) is 0 Å². The molecular weight excluding hydrogens is 515 g/mol. The fourth-order valence-corrected chi connectivity index (χ4v) is 3.96. The summed E-state index contributed by atoms with van der Waals surface area (Å²) >= 11 is 0. The number of hydrogen-bond acceptors (Lipinski definition) is 3. The van der Waals surface area contributed by atoms with Gasteiger partial charge in [0.15, 0.2) is 5.96 Å². The van der Waals surface area contributed by atoms with Gasteiger partial charge in [0, 0.05) is 45.3 Å². The van der Waals surface area contributed by atoms with E-state index in [1.54, 1.807) is 14.1 Å². The largest absolute Gasteiger partial charge is 0.373 e. The molecular formula is C25H35IN4O2. The standard InChI is InChI=1S/C25H34N4O2.HI/c1-18-9-11-20(12-10-18)23-22(8-5-15-31-23)17-29-25(27-3)28-14-13-19-6-4-7-21(16-19)24(30)26-2;/h4,6-7,9-12,16,22-23H,5,8,13-15,17H2,1-3H3,(H,26,30)(H2,27,28,29);1H. The summed E-state index contributed by atoms with van der Waals surface area (Å²) in [6.07, 6.45) is 3.15.